The molecule has 0 aliphatic carbocycles. The van der Waals surface area contributed by atoms with Crippen LogP contribution in [0.1, 0.15) is 12.0 Å². The zero-order chi connectivity index (χ0) is 12.4. The second-order valence-corrected chi connectivity index (χ2v) is 4.46. The number of nitrogens with zero attached hydrogens (tertiary/aromatic N) is 1. The maximum atomic E-state index is 13.7. The van der Waals surface area contributed by atoms with Crippen molar-refractivity contribution in [2.24, 2.45) is 5.92 Å². The Hall–Kier alpha value is -1.53. The summed E-state index contributed by atoms with van der Waals surface area (Å²) >= 11 is 5.68. The quantitative estimate of drug-likeness (QED) is 0.740. The highest BCUT2D eigenvalue weighted by Gasteiger charge is 2.28. The SMILES string of the molecule is C#CC1CC(=O)N(Cc2cccc(Cl)c2F)C1. The van der Waals surface area contributed by atoms with Gasteiger partial charge < -0.3 is 4.90 Å². The largest absolute Gasteiger partial charge is 0.337 e. The molecule has 1 aromatic rings. The first-order valence-corrected chi connectivity index (χ1v) is 5.66. The van der Waals surface area contributed by atoms with Crippen LogP contribution in [0.15, 0.2) is 18.2 Å². The van der Waals surface area contributed by atoms with Crippen molar-refractivity contribution in [3.05, 3.63) is 34.6 Å². The first kappa shape index (κ1) is 11.9. The van der Waals surface area contributed by atoms with Crippen LogP contribution in [0.25, 0.3) is 0 Å². The third kappa shape index (κ3) is 2.42. The summed E-state index contributed by atoms with van der Waals surface area (Å²) < 4.78 is 13.7. The van der Waals surface area contributed by atoms with E-state index >= 15 is 0 Å². The lowest BCUT2D eigenvalue weighted by Crippen LogP contribution is -2.25. The maximum Gasteiger partial charge on any atom is 0.224 e. The smallest absolute Gasteiger partial charge is 0.224 e. The minimum absolute atomic E-state index is 0.0349. The Bertz CT molecular complexity index is 495. The Morgan fingerprint density at radius 2 is 2.35 bits per heavy atom. The van der Waals surface area contributed by atoms with Crippen LogP contribution in [0.4, 0.5) is 4.39 Å². The van der Waals surface area contributed by atoms with Crippen LogP contribution in [0.5, 0.6) is 0 Å². The van der Waals surface area contributed by atoms with Crippen LogP contribution in [0.2, 0.25) is 5.02 Å². The average Bonchev–Trinajstić information content (AvgIpc) is 2.66. The van der Waals surface area contributed by atoms with Gasteiger partial charge in [-0.25, -0.2) is 4.39 Å². The molecule has 17 heavy (non-hydrogen) atoms. The molecule has 1 amide bonds. The maximum absolute atomic E-state index is 13.7. The molecule has 0 radical (unpaired) electrons. The third-order valence-corrected chi connectivity index (χ3v) is 3.13. The predicted molar refractivity (Wildman–Crippen MR) is 63.8 cm³/mol. The fraction of sp³-hybridized carbons (Fsp3) is 0.308. The molecule has 0 bridgehead atoms. The number of benzene rings is 1. The minimum Gasteiger partial charge on any atom is -0.337 e. The number of hydrogen-bond donors (Lipinski definition) is 0. The van der Waals surface area contributed by atoms with Gasteiger partial charge in [-0.3, -0.25) is 4.79 Å². The van der Waals surface area contributed by atoms with Gasteiger partial charge in [0.25, 0.3) is 0 Å². The lowest BCUT2D eigenvalue weighted by molar-refractivity contribution is -0.128. The molecule has 1 saturated heterocycles. The lowest BCUT2D eigenvalue weighted by atomic mass is 10.1. The number of hydrogen-bond acceptors (Lipinski definition) is 1. The van der Waals surface area contributed by atoms with Crippen LogP contribution in [-0.4, -0.2) is 17.4 Å². The first-order valence-electron chi connectivity index (χ1n) is 5.28. The molecule has 0 aromatic heterocycles. The Morgan fingerprint density at radius 1 is 1.59 bits per heavy atom. The van der Waals surface area contributed by atoms with E-state index in [1.165, 1.54) is 6.07 Å². The molecule has 1 aliphatic heterocycles. The molecule has 4 heteroatoms. The zero-order valence-electron chi connectivity index (χ0n) is 9.12. The number of rotatable bonds is 2. The van der Waals surface area contributed by atoms with Gasteiger partial charge in [0.15, 0.2) is 0 Å². The Kier molecular flexibility index (Phi) is 3.35. The van der Waals surface area contributed by atoms with Crippen molar-refractivity contribution < 1.29 is 9.18 Å². The highest BCUT2D eigenvalue weighted by atomic mass is 35.5. The molecule has 1 unspecified atom stereocenters. The van der Waals surface area contributed by atoms with Gasteiger partial charge in [-0.05, 0) is 6.07 Å². The standard InChI is InChI=1S/C13H11ClFNO/c1-2-9-6-12(17)16(7-9)8-10-4-3-5-11(14)13(10)15/h1,3-5,9H,6-8H2. The molecule has 0 spiro atoms. The van der Waals surface area contributed by atoms with Gasteiger partial charge >= 0.3 is 0 Å². The average molecular weight is 252 g/mol. The van der Waals surface area contributed by atoms with E-state index in [0.29, 0.717) is 18.5 Å². The number of terminal acetylenes is 1. The summed E-state index contributed by atoms with van der Waals surface area (Å²) in [5.41, 5.74) is 0.420. The summed E-state index contributed by atoms with van der Waals surface area (Å²) in [6, 6.07) is 4.77. The molecule has 2 rings (SSSR count). The third-order valence-electron chi connectivity index (χ3n) is 2.84. The summed E-state index contributed by atoms with van der Waals surface area (Å²) in [5, 5.41) is 0.0719. The molecule has 0 N–H and O–H groups in total. The number of likely N-dealkylation sites (tertiary alicyclic amines) is 1. The molecule has 0 saturated carbocycles. The molecule has 1 fully saturated rings. The summed E-state index contributed by atoms with van der Waals surface area (Å²) in [7, 11) is 0. The van der Waals surface area contributed by atoms with Crippen LogP contribution in [0, 0.1) is 24.1 Å². The van der Waals surface area contributed by atoms with Gasteiger partial charge in [0, 0.05) is 31.0 Å². The molecule has 88 valence electrons. The lowest BCUT2D eigenvalue weighted by Gasteiger charge is -2.16. The van der Waals surface area contributed by atoms with E-state index in [9.17, 15) is 9.18 Å². The number of amides is 1. The normalized spacial score (nSPS) is 19.5. The predicted octanol–water partition coefficient (Wildman–Crippen LogP) is 2.46. The molecule has 1 atom stereocenters. The molecular formula is C13H11ClFNO. The Labute approximate surface area is 104 Å². The van der Waals surface area contributed by atoms with Crippen LogP contribution in [-0.2, 0) is 11.3 Å². The highest BCUT2D eigenvalue weighted by Crippen LogP contribution is 2.23. The van der Waals surface area contributed by atoms with Gasteiger partial charge in [0.2, 0.25) is 5.91 Å². The summed E-state index contributed by atoms with van der Waals surface area (Å²) in [4.78, 5) is 13.2. The van der Waals surface area contributed by atoms with E-state index < -0.39 is 5.82 Å². The van der Waals surface area contributed by atoms with Crippen LogP contribution >= 0.6 is 11.6 Å². The van der Waals surface area contributed by atoms with Crippen LogP contribution in [0.3, 0.4) is 0 Å². The molecule has 1 aromatic carbocycles. The van der Waals surface area contributed by atoms with E-state index in [1.807, 2.05) is 0 Å². The summed E-state index contributed by atoms with van der Waals surface area (Å²) in [6.45, 7) is 0.713. The van der Waals surface area contributed by atoms with E-state index in [2.05, 4.69) is 5.92 Å². The molecule has 1 aliphatic rings. The number of carbonyl (C=O) groups excluding carboxylic acids is 1. The van der Waals surface area contributed by atoms with Crippen molar-refractivity contribution in [2.45, 2.75) is 13.0 Å². The van der Waals surface area contributed by atoms with E-state index in [1.54, 1.807) is 17.0 Å². The second-order valence-electron chi connectivity index (χ2n) is 4.05. The topological polar surface area (TPSA) is 20.3 Å². The van der Waals surface area contributed by atoms with Crippen molar-refractivity contribution >= 4 is 17.5 Å². The number of halogens is 2. The highest BCUT2D eigenvalue weighted by molar-refractivity contribution is 6.30. The summed E-state index contributed by atoms with van der Waals surface area (Å²) in [5.74, 6) is 1.99. The minimum atomic E-state index is -0.467. The van der Waals surface area contributed by atoms with Crippen LogP contribution < -0.4 is 0 Å². The monoisotopic (exact) mass is 251 g/mol. The van der Waals surface area contributed by atoms with Crippen molar-refractivity contribution in [2.75, 3.05) is 6.54 Å². The van der Waals surface area contributed by atoms with Gasteiger partial charge in [0.05, 0.1) is 5.02 Å². The van der Waals surface area contributed by atoms with E-state index in [0.717, 1.165) is 0 Å². The molecule has 2 nitrogen and oxygen atoms in total. The number of carbonyl (C=O) groups is 1. The van der Waals surface area contributed by atoms with Crippen molar-refractivity contribution in [1.29, 1.82) is 0 Å². The Balaban J connectivity index is 2.15. The van der Waals surface area contributed by atoms with Crippen molar-refractivity contribution in [1.82, 2.24) is 4.90 Å². The first-order chi connectivity index (χ1) is 8.11. The van der Waals surface area contributed by atoms with Gasteiger partial charge in [0.1, 0.15) is 5.82 Å². The van der Waals surface area contributed by atoms with Gasteiger partial charge in [-0.2, -0.15) is 0 Å². The summed E-state index contributed by atoms with van der Waals surface area (Å²) in [6.07, 6.45) is 5.63. The van der Waals surface area contributed by atoms with Crippen molar-refractivity contribution in [3.8, 4) is 12.3 Å². The molecule has 1 heterocycles. The van der Waals surface area contributed by atoms with E-state index in [-0.39, 0.29) is 23.4 Å². The van der Waals surface area contributed by atoms with E-state index in [4.69, 9.17) is 18.0 Å². The fourth-order valence-corrected chi connectivity index (χ4v) is 2.11. The second kappa shape index (κ2) is 4.77. The van der Waals surface area contributed by atoms with Gasteiger partial charge in [-0.15, -0.1) is 12.3 Å². The van der Waals surface area contributed by atoms with Crippen molar-refractivity contribution in [3.63, 3.8) is 0 Å². The molecular weight excluding hydrogens is 241 g/mol. The Morgan fingerprint density at radius 3 is 3.00 bits per heavy atom. The fourth-order valence-electron chi connectivity index (χ4n) is 1.91. The van der Waals surface area contributed by atoms with Gasteiger partial charge in [-0.1, -0.05) is 23.7 Å². The zero-order valence-corrected chi connectivity index (χ0v) is 9.88.